The third-order valence-electron chi connectivity index (χ3n) is 4.42. The van der Waals surface area contributed by atoms with Crippen LogP contribution < -0.4 is 10.5 Å². The molecule has 1 aromatic carbocycles. The van der Waals surface area contributed by atoms with Crippen LogP contribution in [0.25, 0.3) is 0 Å². The molecule has 0 saturated carbocycles. The van der Waals surface area contributed by atoms with Crippen LogP contribution in [0.1, 0.15) is 22.6 Å². The van der Waals surface area contributed by atoms with Gasteiger partial charge in [0.15, 0.2) is 0 Å². The summed E-state index contributed by atoms with van der Waals surface area (Å²) in [5, 5.41) is 0.632. The van der Waals surface area contributed by atoms with Crippen LogP contribution in [-0.2, 0) is 9.53 Å². The predicted molar refractivity (Wildman–Crippen MR) is 102 cm³/mol. The van der Waals surface area contributed by atoms with Crippen LogP contribution in [-0.4, -0.2) is 58.6 Å². The number of carbonyl (C=O) groups excluding carboxylic acids is 2. The van der Waals surface area contributed by atoms with E-state index in [4.69, 9.17) is 26.8 Å². The van der Waals surface area contributed by atoms with Crippen LogP contribution >= 0.6 is 11.6 Å². The summed E-state index contributed by atoms with van der Waals surface area (Å²) in [5.74, 6) is -0.197. The van der Waals surface area contributed by atoms with Crippen LogP contribution in [0.5, 0.6) is 5.75 Å². The Kier molecular flexibility index (Phi) is 6.11. The maximum Gasteiger partial charge on any atom is 0.291 e. The number of hydrogen-bond donors (Lipinski definition) is 1. The molecule has 2 aromatic rings. The summed E-state index contributed by atoms with van der Waals surface area (Å²) in [7, 11) is 0. The summed E-state index contributed by atoms with van der Waals surface area (Å²) >= 11 is 6.04. The number of nitrogens with zero attached hydrogens (tertiary/aromatic N) is 3. The van der Waals surface area contributed by atoms with E-state index in [2.05, 4.69) is 9.97 Å². The second kappa shape index (κ2) is 8.53. The van der Waals surface area contributed by atoms with E-state index in [0.717, 1.165) is 5.56 Å². The molecule has 8 nitrogen and oxygen atoms in total. The fourth-order valence-corrected chi connectivity index (χ4v) is 3.17. The molecule has 1 atom stereocenters. The summed E-state index contributed by atoms with van der Waals surface area (Å²) in [6.45, 7) is 2.66. The van der Waals surface area contributed by atoms with Gasteiger partial charge in [0, 0.05) is 24.0 Å². The van der Waals surface area contributed by atoms with E-state index in [9.17, 15) is 9.59 Å². The van der Waals surface area contributed by atoms with Crippen LogP contribution in [0.3, 0.4) is 0 Å². The minimum Gasteiger partial charge on any atom is -0.490 e. The van der Waals surface area contributed by atoms with Gasteiger partial charge in [0.2, 0.25) is 11.7 Å². The van der Waals surface area contributed by atoms with Gasteiger partial charge in [-0.15, -0.1) is 0 Å². The number of hydrogen-bond acceptors (Lipinski definition) is 6. The Morgan fingerprint density at radius 1 is 1.36 bits per heavy atom. The van der Waals surface area contributed by atoms with Crippen molar-refractivity contribution in [3.63, 3.8) is 0 Å². The molecule has 9 heteroatoms. The number of ether oxygens (including phenoxy) is 2. The quantitative estimate of drug-likeness (QED) is 0.783. The highest BCUT2D eigenvalue weighted by atomic mass is 35.5. The molecular formula is C19H21ClN4O4. The van der Waals surface area contributed by atoms with Crippen molar-refractivity contribution in [3.8, 4) is 5.75 Å². The maximum atomic E-state index is 12.7. The molecule has 1 aliphatic rings. The SMILES string of the molecule is Cc1cc(OCC2(CC(N)=O)CN(C(=O)c3ncccn3)CCO2)ccc1Cl. The highest BCUT2D eigenvalue weighted by molar-refractivity contribution is 6.31. The lowest BCUT2D eigenvalue weighted by molar-refractivity contribution is -0.142. The standard InChI is InChI=1S/C19H21ClN4O4/c1-13-9-14(3-4-15(13)20)27-12-19(10-16(21)25)11-24(7-8-28-19)18(26)17-22-5-2-6-23-17/h2-6,9H,7-8,10-12H2,1H3,(H2,21,25). The first-order valence-corrected chi connectivity index (χ1v) is 9.14. The van der Waals surface area contributed by atoms with Gasteiger partial charge in [0.1, 0.15) is 18.0 Å². The number of rotatable bonds is 6. The molecule has 2 amide bonds. The molecule has 1 fully saturated rings. The molecule has 148 valence electrons. The minimum absolute atomic E-state index is 0.0520. The van der Waals surface area contributed by atoms with Gasteiger partial charge >= 0.3 is 0 Å². The Morgan fingerprint density at radius 3 is 2.79 bits per heavy atom. The van der Waals surface area contributed by atoms with Gasteiger partial charge in [-0.3, -0.25) is 9.59 Å². The highest BCUT2D eigenvalue weighted by Gasteiger charge is 2.41. The molecule has 2 N–H and O–H groups in total. The summed E-state index contributed by atoms with van der Waals surface area (Å²) in [5.41, 5.74) is 5.25. The molecule has 1 unspecified atom stereocenters. The van der Waals surface area contributed by atoms with Gasteiger partial charge in [-0.1, -0.05) is 11.6 Å². The van der Waals surface area contributed by atoms with E-state index in [1.807, 2.05) is 6.92 Å². The molecule has 0 radical (unpaired) electrons. The lowest BCUT2D eigenvalue weighted by Crippen LogP contribution is -2.58. The van der Waals surface area contributed by atoms with Crippen molar-refractivity contribution in [1.29, 1.82) is 0 Å². The third kappa shape index (κ3) is 4.76. The molecule has 1 aromatic heterocycles. The lowest BCUT2D eigenvalue weighted by atomic mass is 9.97. The molecular weight excluding hydrogens is 384 g/mol. The Bertz CT molecular complexity index is 864. The number of carbonyl (C=O) groups is 2. The van der Waals surface area contributed by atoms with E-state index in [0.29, 0.717) is 17.3 Å². The van der Waals surface area contributed by atoms with Crippen molar-refractivity contribution in [3.05, 3.63) is 53.1 Å². The third-order valence-corrected chi connectivity index (χ3v) is 4.84. The second-order valence-corrected chi connectivity index (χ2v) is 7.08. The van der Waals surface area contributed by atoms with Crippen molar-refractivity contribution in [2.75, 3.05) is 26.3 Å². The molecule has 0 bridgehead atoms. The number of halogens is 1. The number of amides is 2. The van der Waals surface area contributed by atoms with Gasteiger partial charge in [0.05, 0.1) is 19.6 Å². The fourth-order valence-electron chi connectivity index (χ4n) is 3.05. The van der Waals surface area contributed by atoms with Gasteiger partial charge in [-0.2, -0.15) is 0 Å². The Hall–Kier alpha value is -2.71. The first-order chi connectivity index (χ1) is 13.4. The zero-order valence-corrected chi connectivity index (χ0v) is 16.2. The average Bonchev–Trinajstić information content (AvgIpc) is 2.69. The number of nitrogens with two attached hydrogens (primary N) is 1. The maximum absolute atomic E-state index is 12.7. The number of morpholine rings is 1. The lowest BCUT2D eigenvalue weighted by Gasteiger charge is -2.41. The molecule has 1 aliphatic heterocycles. The minimum atomic E-state index is -1.05. The van der Waals surface area contributed by atoms with Crippen LogP contribution in [0.4, 0.5) is 0 Å². The Balaban J connectivity index is 1.76. The zero-order chi connectivity index (χ0) is 20.1. The van der Waals surface area contributed by atoms with E-state index < -0.39 is 11.5 Å². The first-order valence-electron chi connectivity index (χ1n) is 8.76. The molecule has 3 rings (SSSR count). The van der Waals surface area contributed by atoms with Crippen molar-refractivity contribution >= 4 is 23.4 Å². The molecule has 2 heterocycles. The highest BCUT2D eigenvalue weighted by Crippen LogP contribution is 2.26. The molecule has 0 spiro atoms. The Morgan fingerprint density at radius 2 is 2.11 bits per heavy atom. The van der Waals surface area contributed by atoms with Gasteiger partial charge in [-0.25, -0.2) is 9.97 Å². The normalized spacial score (nSPS) is 19.3. The summed E-state index contributed by atoms with van der Waals surface area (Å²) in [6, 6.07) is 6.90. The smallest absolute Gasteiger partial charge is 0.291 e. The van der Waals surface area contributed by atoms with E-state index in [1.165, 1.54) is 12.4 Å². The van der Waals surface area contributed by atoms with Crippen LogP contribution in [0, 0.1) is 6.92 Å². The van der Waals surface area contributed by atoms with Crippen molar-refractivity contribution in [1.82, 2.24) is 14.9 Å². The molecule has 28 heavy (non-hydrogen) atoms. The summed E-state index contributed by atoms with van der Waals surface area (Å²) < 4.78 is 11.7. The number of benzene rings is 1. The summed E-state index contributed by atoms with van der Waals surface area (Å²) in [4.78, 5) is 33.9. The summed E-state index contributed by atoms with van der Waals surface area (Å²) in [6.07, 6.45) is 2.92. The average molecular weight is 405 g/mol. The van der Waals surface area contributed by atoms with Crippen LogP contribution in [0.2, 0.25) is 5.02 Å². The number of primary amides is 1. The van der Waals surface area contributed by atoms with Crippen molar-refractivity contribution in [2.45, 2.75) is 18.9 Å². The first kappa shape index (κ1) is 20.0. The van der Waals surface area contributed by atoms with Gasteiger partial charge in [-0.05, 0) is 36.8 Å². The largest absolute Gasteiger partial charge is 0.490 e. The number of aryl methyl sites for hydroxylation is 1. The molecule has 1 saturated heterocycles. The van der Waals surface area contributed by atoms with Crippen molar-refractivity contribution in [2.24, 2.45) is 5.73 Å². The topological polar surface area (TPSA) is 108 Å². The Labute approximate surface area is 167 Å². The molecule has 0 aliphatic carbocycles. The van der Waals surface area contributed by atoms with E-state index in [-0.39, 0.29) is 37.9 Å². The van der Waals surface area contributed by atoms with Crippen LogP contribution in [0.15, 0.2) is 36.7 Å². The van der Waals surface area contributed by atoms with Gasteiger partial charge in [0.25, 0.3) is 5.91 Å². The van der Waals surface area contributed by atoms with Gasteiger partial charge < -0.3 is 20.1 Å². The zero-order valence-electron chi connectivity index (χ0n) is 15.4. The van der Waals surface area contributed by atoms with Crippen molar-refractivity contribution < 1.29 is 19.1 Å². The van der Waals surface area contributed by atoms with E-state index in [1.54, 1.807) is 29.2 Å². The predicted octanol–water partition coefficient (Wildman–Crippen LogP) is 1.60. The number of aromatic nitrogens is 2. The monoisotopic (exact) mass is 404 g/mol. The fraction of sp³-hybridized carbons (Fsp3) is 0.368. The van der Waals surface area contributed by atoms with E-state index >= 15 is 0 Å². The second-order valence-electron chi connectivity index (χ2n) is 6.67.